The molecule has 0 bridgehead atoms. The molecule has 1 aliphatic rings. The summed E-state index contributed by atoms with van der Waals surface area (Å²) in [6.45, 7) is 0. The average molecular weight is 292 g/mol. The second-order valence-electron chi connectivity index (χ2n) is 4.82. The molecule has 0 N–H and O–H groups in total. The lowest BCUT2D eigenvalue weighted by Gasteiger charge is -2.35. The second kappa shape index (κ2) is 6.85. The number of ether oxygens (including phenoxy) is 2. The van der Waals surface area contributed by atoms with Gasteiger partial charge in [-0.05, 0) is 12.8 Å². The molecular formula is C14H16N2O5. The fraction of sp³-hybridized carbons (Fsp3) is 0.643. The Labute approximate surface area is 122 Å². The van der Waals surface area contributed by atoms with Crippen molar-refractivity contribution in [2.75, 3.05) is 14.2 Å². The molecule has 0 aromatic heterocycles. The summed E-state index contributed by atoms with van der Waals surface area (Å²) in [5.74, 6) is -5.12. The van der Waals surface area contributed by atoms with Gasteiger partial charge in [-0.25, -0.2) is 0 Å². The zero-order valence-electron chi connectivity index (χ0n) is 11.9. The summed E-state index contributed by atoms with van der Waals surface area (Å²) in [7, 11) is 2.10. The number of rotatable bonds is 4. The third kappa shape index (κ3) is 2.73. The molecule has 1 fully saturated rings. The van der Waals surface area contributed by atoms with Crippen molar-refractivity contribution in [3.8, 4) is 12.1 Å². The van der Waals surface area contributed by atoms with E-state index in [0.717, 1.165) is 14.2 Å². The highest BCUT2D eigenvalue weighted by Gasteiger charge is 2.59. The number of carbonyl (C=O) groups excluding carboxylic acids is 3. The predicted molar refractivity (Wildman–Crippen MR) is 68.1 cm³/mol. The molecule has 7 heteroatoms. The van der Waals surface area contributed by atoms with Crippen molar-refractivity contribution in [3.05, 3.63) is 0 Å². The van der Waals surface area contributed by atoms with Crippen LogP contribution in [-0.4, -0.2) is 31.9 Å². The molecule has 0 spiro atoms. The van der Waals surface area contributed by atoms with Crippen molar-refractivity contribution in [1.29, 1.82) is 10.5 Å². The van der Waals surface area contributed by atoms with Crippen LogP contribution in [0.25, 0.3) is 0 Å². The first-order valence-electron chi connectivity index (χ1n) is 6.49. The van der Waals surface area contributed by atoms with Crippen molar-refractivity contribution in [2.45, 2.75) is 25.7 Å². The summed E-state index contributed by atoms with van der Waals surface area (Å²) in [6.07, 6.45) is 1.77. The Morgan fingerprint density at radius 1 is 1.29 bits per heavy atom. The van der Waals surface area contributed by atoms with Gasteiger partial charge in [0.1, 0.15) is 5.78 Å². The van der Waals surface area contributed by atoms with Crippen LogP contribution in [-0.2, 0) is 23.9 Å². The first-order valence-corrected chi connectivity index (χ1v) is 6.49. The number of carbonyl (C=O) groups is 3. The smallest absolute Gasteiger partial charge is 0.328 e. The van der Waals surface area contributed by atoms with E-state index < -0.39 is 29.2 Å². The van der Waals surface area contributed by atoms with Gasteiger partial charge in [-0.1, -0.05) is 6.42 Å². The predicted octanol–water partition coefficient (Wildman–Crippen LogP) is 0.741. The summed E-state index contributed by atoms with van der Waals surface area (Å²) < 4.78 is 9.11. The topological polar surface area (TPSA) is 117 Å². The van der Waals surface area contributed by atoms with Crippen molar-refractivity contribution < 1.29 is 23.9 Å². The van der Waals surface area contributed by atoms with E-state index in [1.807, 2.05) is 0 Å². The van der Waals surface area contributed by atoms with Crippen molar-refractivity contribution in [1.82, 2.24) is 0 Å². The van der Waals surface area contributed by atoms with Crippen LogP contribution in [0.3, 0.4) is 0 Å². The lowest BCUT2D eigenvalue weighted by molar-refractivity contribution is -0.165. The molecular weight excluding hydrogens is 276 g/mol. The Morgan fingerprint density at radius 3 is 2.38 bits per heavy atom. The molecule has 1 rings (SSSR count). The van der Waals surface area contributed by atoms with Gasteiger partial charge in [-0.15, -0.1) is 0 Å². The van der Waals surface area contributed by atoms with Crippen LogP contribution in [0.15, 0.2) is 0 Å². The molecule has 0 amide bonds. The summed E-state index contributed by atoms with van der Waals surface area (Å²) >= 11 is 0. The number of Topliss-reactive ketones (excluding diaryl/α,β-unsaturated/α-hetero) is 1. The summed E-state index contributed by atoms with van der Waals surface area (Å²) in [5, 5.41) is 18.8. The van der Waals surface area contributed by atoms with Crippen LogP contribution in [0.2, 0.25) is 0 Å². The standard InChI is InChI=1S/C14H16N2O5/c1-20-12(18)10(7-15)14(8-16,13(19)21-2)9-5-3-4-6-11(9)17/h9-10H,3-6H2,1-2H3/t9-,10-,14+/m0/s1. The molecule has 0 heterocycles. The fourth-order valence-corrected chi connectivity index (χ4v) is 2.74. The van der Waals surface area contributed by atoms with E-state index in [1.165, 1.54) is 0 Å². The monoisotopic (exact) mass is 292 g/mol. The molecule has 0 unspecified atom stereocenters. The number of nitriles is 2. The quantitative estimate of drug-likeness (QED) is 0.701. The molecule has 1 saturated carbocycles. The van der Waals surface area contributed by atoms with E-state index in [0.29, 0.717) is 12.8 Å². The molecule has 0 aliphatic heterocycles. The highest BCUT2D eigenvalue weighted by Crippen LogP contribution is 2.43. The molecule has 3 atom stereocenters. The Kier molecular flexibility index (Phi) is 5.43. The van der Waals surface area contributed by atoms with Crippen LogP contribution >= 0.6 is 0 Å². The number of nitrogens with zero attached hydrogens (tertiary/aromatic N) is 2. The third-order valence-electron chi connectivity index (χ3n) is 3.83. The molecule has 0 aromatic carbocycles. The number of methoxy groups -OCH3 is 2. The number of hydrogen-bond donors (Lipinski definition) is 0. The van der Waals surface area contributed by atoms with E-state index in [9.17, 15) is 24.9 Å². The fourth-order valence-electron chi connectivity index (χ4n) is 2.74. The number of hydrogen-bond acceptors (Lipinski definition) is 7. The first kappa shape index (κ1) is 16.6. The van der Waals surface area contributed by atoms with Gasteiger partial charge in [0, 0.05) is 12.3 Å². The number of ketones is 1. The highest BCUT2D eigenvalue weighted by atomic mass is 16.5. The molecule has 0 radical (unpaired) electrons. The van der Waals surface area contributed by atoms with Gasteiger partial charge >= 0.3 is 11.9 Å². The Hall–Kier alpha value is -2.41. The minimum absolute atomic E-state index is 0.213. The summed E-state index contributed by atoms with van der Waals surface area (Å²) in [5.41, 5.74) is -2.16. The summed E-state index contributed by atoms with van der Waals surface area (Å²) in [6, 6.07) is 3.34. The van der Waals surface area contributed by atoms with Gasteiger partial charge in [0.05, 0.1) is 26.4 Å². The molecule has 0 aromatic rings. The van der Waals surface area contributed by atoms with Gasteiger partial charge in [-0.2, -0.15) is 10.5 Å². The van der Waals surface area contributed by atoms with Crippen LogP contribution in [0.5, 0.6) is 0 Å². The van der Waals surface area contributed by atoms with Gasteiger partial charge in [0.25, 0.3) is 0 Å². The molecule has 1 aliphatic carbocycles. The minimum atomic E-state index is -2.16. The Morgan fingerprint density at radius 2 is 1.95 bits per heavy atom. The largest absolute Gasteiger partial charge is 0.468 e. The van der Waals surface area contributed by atoms with Crippen LogP contribution in [0.4, 0.5) is 0 Å². The maximum atomic E-state index is 12.2. The molecule has 112 valence electrons. The van der Waals surface area contributed by atoms with Crippen LogP contribution in [0.1, 0.15) is 25.7 Å². The normalized spacial score (nSPS) is 22.1. The van der Waals surface area contributed by atoms with Crippen molar-refractivity contribution >= 4 is 17.7 Å². The maximum absolute atomic E-state index is 12.2. The van der Waals surface area contributed by atoms with E-state index in [4.69, 9.17) is 0 Å². The maximum Gasteiger partial charge on any atom is 0.328 e. The van der Waals surface area contributed by atoms with E-state index in [1.54, 1.807) is 12.1 Å². The second-order valence-corrected chi connectivity index (χ2v) is 4.82. The lowest BCUT2D eigenvalue weighted by Crippen LogP contribution is -2.51. The lowest BCUT2D eigenvalue weighted by atomic mass is 9.62. The minimum Gasteiger partial charge on any atom is -0.468 e. The molecule has 21 heavy (non-hydrogen) atoms. The molecule has 7 nitrogen and oxygen atoms in total. The van der Waals surface area contributed by atoms with Gasteiger partial charge in [-0.3, -0.25) is 14.4 Å². The van der Waals surface area contributed by atoms with Crippen molar-refractivity contribution in [3.63, 3.8) is 0 Å². The third-order valence-corrected chi connectivity index (χ3v) is 3.83. The van der Waals surface area contributed by atoms with E-state index in [-0.39, 0.29) is 18.6 Å². The average Bonchev–Trinajstić information content (AvgIpc) is 2.52. The van der Waals surface area contributed by atoms with Crippen molar-refractivity contribution in [2.24, 2.45) is 17.3 Å². The zero-order valence-corrected chi connectivity index (χ0v) is 11.9. The summed E-state index contributed by atoms with van der Waals surface area (Å²) in [4.78, 5) is 36.1. The molecule has 0 saturated heterocycles. The highest BCUT2D eigenvalue weighted by molar-refractivity contribution is 5.96. The zero-order chi connectivity index (χ0) is 16.0. The number of esters is 2. The van der Waals surface area contributed by atoms with Crippen LogP contribution < -0.4 is 0 Å². The van der Waals surface area contributed by atoms with Gasteiger partial charge < -0.3 is 9.47 Å². The van der Waals surface area contributed by atoms with E-state index in [2.05, 4.69) is 9.47 Å². The Bertz CT molecular complexity index is 530. The van der Waals surface area contributed by atoms with Gasteiger partial charge in [0.2, 0.25) is 0 Å². The SMILES string of the molecule is COC(=O)[C@H](C#N)[C@](C#N)(C(=O)OC)[C@H]1CCCCC1=O. The van der Waals surface area contributed by atoms with Crippen LogP contribution in [0, 0.1) is 39.9 Å². The van der Waals surface area contributed by atoms with Gasteiger partial charge in [0.15, 0.2) is 11.3 Å². The van der Waals surface area contributed by atoms with E-state index >= 15 is 0 Å². The Balaban J connectivity index is 3.45. The first-order chi connectivity index (χ1) is 9.99.